The third kappa shape index (κ3) is 4.70. The Balaban J connectivity index is 1.77. The van der Waals surface area contributed by atoms with E-state index in [9.17, 15) is 14.4 Å². The molecule has 5 nitrogen and oxygen atoms in total. The van der Waals surface area contributed by atoms with E-state index in [1.54, 1.807) is 0 Å². The van der Waals surface area contributed by atoms with Crippen molar-refractivity contribution >= 4 is 23.3 Å². The van der Waals surface area contributed by atoms with E-state index >= 15 is 0 Å². The van der Waals surface area contributed by atoms with Crippen molar-refractivity contribution in [3.63, 3.8) is 0 Å². The van der Waals surface area contributed by atoms with E-state index in [2.05, 4.69) is 5.32 Å². The topological polar surface area (TPSA) is 72.5 Å². The lowest BCUT2D eigenvalue weighted by Gasteiger charge is -2.08. The Hall–Kier alpha value is -2.17. The van der Waals surface area contributed by atoms with Crippen molar-refractivity contribution in [2.45, 2.75) is 39.0 Å². The fourth-order valence-electron chi connectivity index (χ4n) is 2.34. The van der Waals surface area contributed by atoms with Gasteiger partial charge < -0.3 is 14.8 Å². The minimum absolute atomic E-state index is 0.0153. The van der Waals surface area contributed by atoms with Gasteiger partial charge in [0.15, 0.2) is 6.61 Å². The molecule has 0 fully saturated rings. The SMILES string of the molecule is CC(=O)CCC(=O)OCC(=O)Nc1ccc2c(c1)CCC2. The molecule has 1 aromatic rings. The number of rotatable bonds is 6. The first kappa shape index (κ1) is 15.2. The first-order valence-corrected chi connectivity index (χ1v) is 7.11. The zero-order chi connectivity index (χ0) is 15.2. The van der Waals surface area contributed by atoms with Crippen molar-refractivity contribution in [1.82, 2.24) is 0 Å². The molecule has 1 aliphatic rings. The molecule has 5 heteroatoms. The van der Waals surface area contributed by atoms with Crippen molar-refractivity contribution in [3.05, 3.63) is 29.3 Å². The largest absolute Gasteiger partial charge is 0.456 e. The van der Waals surface area contributed by atoms with Crippen LogP contribution in [-0.4, -0.2) is 24.3 Å². The molecule has 0 unspecified atom stereocenters. The maximum Gasteiger partial charge on any atom is 0.306 e. The molecule has 0 aromatic heterocycles. The molecule has 0 spiro atoms. The van der Waals surface area contributed by atoms with E-state index in [4.69, 9.17) is 4.74 Å². The summed E-state index contributed by atoms with van der Waals surface area (Å²) >= 11 is 0. The number of ketones is 1. The molecular weight excluding hydrogens is 270 g/mol. The summed E-state index contributed by atoms with van der Waals surface area (Å²) in [5, 5.41) is 2.71. The Bertz CT molecular complexity index is 565. The predicted octanol–water partition coefficient (Wildman–Crippen LogP) is 2.03. The molecule has 0 bridgehead atoms. The Morgan fingerprint density at radius 2 is 1.90 bits per heavy atom. The zero-order valence-electron chi connectivity index (χ0n) is 12.1. The van der Waals surface area contributed by atoms with Gasteiger partial charge >= 0.3 is 5.97 Å². The number of hydrogen-bond acceptors (Lipinski definition) is 4. The van der Waals surface area contributed by atoms with E-state index in [0.29, 0.717) is 0 Å². The van der Waals surface area contributed by atoms with Gasteiger partial charge in [-0.3, -0.25) is 9.59 Å². The van der Waals surface area contributed by atoms with Crippen LogP contribution in [0.2, 0.25) is 0 Å². The molecular formula is C16H19NO4. The van der Waals surface area contributed by atoms with Crippen molar-refractivity contribution in [1.29, 1.82) is 0 Å². The third-order valence-electron chi connectivity index (χ3n) is 3.43. The van der Waals surface area contributed by atoms with Gasteiger partial charge in [0.25, 0.3) is 5.91 Å². The normalized spacial score (nSPS) is 12.6. The molecule has 0 saturated heterocycles. The van der Waals surface area contributed by atoms with Gasteiger partial charge in [0.2, 0.25) is 0 Å². The van der Waals surface area contributed by atoms with Crippen LogP contribution in [0.4, 0.5) is 5.69 Å². The molecule has 0 radical (unpaired) electrons. The molecule has 1 aliphatic carbocycles. The van der Waals surface area contributed by atoms with Gasteiger partial charge in [0.1, 0.15) is 5.78 Å². The molecule has 0 saturated carbocycles. The fraction of sp³-hybridized carbons (Fsp3) is 0.438. The summed E-state index contributed by atoms with van der Waals surface area (Å²) in [6, 6.07) is 5.86. The van der Waals surface area contributed by atoms with E-state index in [1.165, 1.54) is 18.1 Å². The summed E-state index contributed by atoms with van der Waals surface area (Å²) in [4.78, 5) is 33.7. The molecule has 1 aromatic carbocycles. The van der Waals surface area contributed by atoms with Crippen molar-refractivity contribution in [2.24, 2.45) is 0 Å². The lowest BCUT2D eigenvalue weighted by molar-refractivity contribution is -0.148. The molecule has 112 valence electrons. The zero-order valence-corrected chi connectivity index (χ0v) is 12.1. The van der Waals surface area contributed by atoms with Crippen molar-refractivity contribution in [2.75, 3.05) is 11.9 Å². The van der Waals surface area contributed by atoms with Crippen LogP contribution in [0.1, 0.15) is 37.3 Å². The lowest BCUT2D eigenvalue weighted by Crippen LogP contribution is -2.21. The van der Waals surface area contributed by atoms with E-state index in [0.717, 1.165) is 24.9 Å². The van der Waals surface area contributed by atoms with Crippen LogP contribution in [0.15, 0.2) is 18.2 Å². The molecule has 0 atom stereocenters. The number of carbonyl (C=O) groups excluding carboxylic acids is 3. The average molecular weight is 289 g/mol. The Labute approximate surface area is 123 Å². The number of benzene rings is 1. The predicted molar refractivity (Wildman–Crippen MR) is 78.0 cm³/mol. The maximum atomic E-state index is 11.7. The monoisotopic (exact) mass is 289 g/mol. The summed E-state index contributed by atoms with van der Waals surface area (Å²) in [6.45, 7) is 1.08. The summed E-state index contributed by atoms with van der Waals surface area (Å²) in [5.41, 5.74) is 3.33. The van der Waals surface area contributed by atoms with Gasteiger partial charge in [-0.05, 0) is 49.4 Å². The molecule has 2 rings (SSSR count). The summed E-state index contributed by atoms with van der Waals surface area (Å²) < 4.78 is 4.82. The number of ether oxygens (including phenoxy) is 1. The molecule has 0 heterocycles. The Kier molecular flexibility index (Phi) is 5.09. The second kappa shape index (κ2) is 7.02. The number of hydrogen-bond donors (Lipinski definition) is 1. The highest BCUT2D eigenvalue weighted by Crippen LogP contribution is 2.24. The van der Waals surface area contributed by atoms with E-state index in [-0.39, 0.29) is 31.1 Å². The fourth-order valence-corrected chi connectivity index (χ4v) is 2.34. The number of carbonyl (C=O) groups is 3. The van der Waals surface area contributed by atoms with Crippen molar-refractivity contribution < 1.29 is 19.1 Å². The molecule has 1 N–H and O–H groups in total. The van der Waals surface area contributed by atoms with Crippen LogP contribution in [0, 0.1) is 0 Å². The van der Waals surface area contributed by atoms with Crippen LogP contribution in [0.5, 0.6) is 0 Å². The van der Waals surface area contributed by atoms with Crippen LogP contribution < -0.4 is 5.32 Å². The minimum Gasteiger partial charge on any atom is -0.456 e. The number of nitrogens with one attached hydrogen (secondary N) is 1. The molecule has 1 amide bonds. The standard InChI is InChI=1S/C16H19NO4/c1-11(18)5-8-16(20)21-10-15(19)17-14-7-6-12-3-2-4-13(12)9-14/h6-7,9H,2-5,8,10H2,1H3,(H,17,19). The molecule has 21 heavy (non-hydrogen) atoms. The van der Waals surface area contributed by atoms with Gasteiger partial charge in [-0.15, -0.1) is 0 Å². The number of esters is 1. The Morgan fingerprint density at radius 1 is 1.14 bits per heavy atom. The van der Waals surface area contributed by atoms with Gasteiger partial charge in [-0.2, -0.15) is 0 Å². The van der Waals surface area contributed by atoms with E-state index < -0.39 is 5.97 Å². The summed E-state index contributed by atoms with van der Waals surface area (Å²) in [6.07, 6.45) is 3.45. The van der Waals surface area contributed by atoms with Gasteiger partial charge in [-0.1, -0.05) is 6.07 Å². The third-order valence-corrected chi connectivity index (χ3v) is 3.43. The number of amides is 1. The Morgan fingerprint density at radius 3 is 2.67 bits per heavy atom. The molecule has 0 aliphatic heterocycles. The van der Waals surface area contributed by atoms with Crippen molar-refractivity contribution in [3.8, 4) is 0 Å². The average Bonchev–Trinajstić information content (AvgIpc) is 2.90. The number of anilines is 1. The van der Waals surface area contributed by atoms with Gasteiger partial charge in [-0.25, -0.2) is 0 Å². The quantitative estimate of drug-likeness (QED) is 0.813. The van der Waals surface area contributed by atoms with Crippen LogP contribution in [0.25, 0.3) is 0 Å². The second-order valence-corrected chi connectivity index (χ2v) is 5.25. The first-order valence-electron chi connectivity index (χ1n) is 7.11. The number of fused-ring (bicyclic) bond motifs is 1. The smallest absolute Gasteiger partial charge is 0.306 e. The summed E-state index contributed by atoms with van der Waals surface area (Å²) in [7, 11) is 0. The highest BCUT2D eigenvalue weighted by Gasteiger charge is 2.13. The highest BCUT2D eigenvalue weighted by atomic mass is 16.5. The maximum absolute atomic E-state index is 11.7. The van der Waals surface area contributed by atoms with E-state index in [1.807, 2.05) is 18.2 Å². The van der Waals surface area contributed by atoms with Crippen LogP contribution >= 0.6 is 0 Å². The van der Waals surface area contributed by atoms with Crippen LogP contribution in [0.3, 0.4) is 0 Å². The number of Topliss-reactive ketones (excluding diaryl/α,β-unsaturated/α-hetero) is 1. The second-order valence-electron chi connectivity index (χ2n) is 5.25. The number of aryl methyl sites for hydroxylation is 2. The highest BCUT2D eigenvalue weighted by molar-refractivity contribution is 5.93. The van der Waals surface area contributed by atoms with Gasteiger partial charge in [0, 0.05) is 12.1 Å². The lowest BCUT2D eigenvalue weighted by atomic mass is 10.1. The summed E-state index contributed by atoms with van der Waals surface area (Å²) in [5.74, 6) is -0.979. The minimum atomic E-state index is -0.533. The van der Waals surface area contributed by atoms with Crippen LogP contribution in [-0.2, 0) is 32.0 Å². The first-order chi connectivity index (χ1) is 10.0. The van der Waals surface area contributed by atoms with Gasteiger partial charge in [0.05, 0.1) is 6.42 Å².